The van der Waals surface area contributed by atoms with Crippen molar-refractivity contribution in [2.24, 2.45) is 5.84 Å². The van der Waals surface area contributed by atoms with Crippen molar-refractivity contribution in [3.8, 4) is 0 Å². The van der Waals surface area contributed by atoms with Gasteiger partial charge in [-0.15, -0.1) is 0 Å². The molecule has 0 aliphatic carbocycles. The third-order valence-corrected chi connectivity index (χ3v) is 3.73. The van der Waals surface area contributed by atoms with Crippen molar-refractivity contribution in [3.63, 3.8) is 0 Å². The summed E-state index contributed by atoms with van der Waals surface area (Å²) in [7, 11) is 0. The number of aromatic nitrogens is 1. The molecule has 0 saturated heterocycles. The van der Waals surface area contributed by atoms with Crippen LogP contribution in [0.3, 0.4) is 0 Å². The maximum atomic E-state index is 12.3. The number of nitrogens with zero attached hydrogens (tertiary/aromatic N) is 1. The number of rotatable bonds is 8. The first-order valence-corrected chi connectivity index (χ1v) is 8.31. The Morgan fingerprint density at radius 2 is 2.20 bits per heavy atom. The number of aryl methyl sites for hydroxylation is 1. The summed E-state index contributed by atoms with van der Waals surface area (Å²) in [6, 6.07) is 3.71. The van der Waals surface area contributed by atoms with Gasteiger partial charge in [-0.1, -0.05) is 20.3 Å². The summed E-state index contributed by atoms with van der Waals surface area (Å²) in [6.45, 7) is 4.15. The third-order valence-electron chi connectivity index (χ3n) is 2.99. The van der Waals surface area contributed by atoms with E-state index in [1.807, 2.05) is 12.3 Å². The SMILES string of the molecule is CCCc1cc(C(=O)NC(CC)CSC)cc(NN)n1. The molecule has 1 aromatic rings. The summed E-state index contributed by atoms with van der Waals surface area (Å²) < 4.78 is 0. The van der Waals surface area contributed by atoms with Crippen LogP contribution in [-0.2, 0) is 6.42 Å². The number of carbonyl (C=O) groups excluding carboxylic acids is 1. The van der Waals surface area contributed by atoms with Crippen molar-refractivity contribution in [2.45, 2.75) is 39.2 Å². The van der Waals surface area contributed by atoms with E-state index in [1.165, 1.54) is 0 Å². The van der Waals surface area contributed by atoms with Crippen LogP contribution in [0.1, 0.15) is 42.7 Å². The molecule has 6 heteroatoms. The minimum Gasteiger partial charge on any atom is -0.348 e. The van der Waals surface area contributed by atoms with Gasteiger partial charge in [0.15, 0.2) is 0 Å². The Morgan fingerprint density at radius 3 is 2.75 bits per heavy atom. The summed E-state index contributed by atoms with van der Waals surface area (Å²) in [4.78, 5) is 16.6. The topological polar surface area (TPSA) is 80.0 Å². The lowest BCUT2D eigenvalue weighted by Gasteiger charge is -2.16. The number of thioether (sulfide) groups is 1. The molecule has 0 aliphatic rings. The quantitative estimate of drug-likeness (QED) is 0.506. The minimum atomic E-state index is -0.0675. The van der Waals surface area contributed by atoms with Gasteiger partial charge in [0, 0.05) is 23.1 Å². The smallest absolute Gasteiger partial charge is 0.251 e. The standard InChI is InChI=1S/C14H24N4OS/c1-4-6-12-7-10(8-13(16-12)18-15)14(19)17-11(5-2)9-20-3/h7-8,11H,4-6,9,15H2,1-3H3,(H,16,18)(H,17,19). The Balaban J connectivity index is 2.87. The fourth-order valence-corrected chi connectivity index (χ4v) is 2.63. The zero-order valence-corrected chi connectivity index (χ0v) is 13.2. The first-order valence-electron chi connectivity index (χ1n) is 6.91. The largest absolute Gasteiger partial charge is 0.348 e. The Morgan fingerprint density at radius 1 is 1.45 bits per heavy atom. The molecular formula is C14H24N4OS. The van der Waals surface area contributed by atoms with Gasteiger partial charge in [-0.05, 0) is 31.2 Å². The molecule has 0 aliphatic heterocycles. The molecule has 0 bridgehead atoms. The molecule has 1 aromatic heterocycles. The van der Waals surface area contributed by atoms with E-state index >= 15 is 0 Å². The summed E-state index contributed by atoms with van der Waals surface area (Å²) in [5.41, 5.74) is 4.01. The van der Waals surface area contributed by atoms with Crippen LogP contribution in [0.4, 0.5) is 5.82 Å². The molecule has 20 heavy (non-hydrogen) atoms. The number of carbonyl (C=O) groups is 1. The number of pyridine rings is 1. The lowest BCUT2D eigenvalue weighted by molar-refractivity contribution is 0.0940. The van der Waals surface area contributed by atoms with Gasteiger partial charge in [-0.2, -0.15) is 11.8 Å². The van der Waals surface area contributed by atoms with Gasteiger partial charge < -0.3 is 10.7 Å². The highest BCUT2D eigenvalue weighted by atomic mass is 32.2. The van der Waals surface area contributed by atoms with E-state index in [0.29, 0.717) is 11.4 Å². The van der Waals surface area contributed by atoms with E-state index in [2.05, 4.69) is 29.6 Å². The summed E-state index contributed by atoms with van der Waals surface area (Å²) >= 11 is 1.73. The van der Waals surface area contributed by atoms with Crippen LogP contribution in [0.25, 0.3) is 0 Å². The average molecular weight is 296 g/mol. The van der Waals surface area contributed by atoms with E-state index in [0.717, 1.165) is 30.7 Å². The monoisotopic (exact) mass is 296 g/mol. The number of hydrogen-bond donors (Lipinski definition) is 3. The second kappa shape index (κ2) is 8.81. The van der Waals surface area contributed by atoms with E-state index in [1.54, 1.807) is 17.8 Å². The van der Waals surface area contributed by atoms with E-state index in [-0.39, 0.29) is 11.9 Å². The van der Waals surface area contributed by atoms with E-state index in [4.69, 9.17) is 5.84 Å². The molecule has 112 valence electrons. The molecule has 0 fully saturated rings. The van der Waals surface area contributed by atoms with Gasteiger partial charge >= 0.3 is 0 Å². The highest BCUT2D eigenvalue weighted by molar-refractivity contribution is 7.98. The maximum absolute atomic E-state index is 12.3. The zero-order valence-electron chi connectivity index (χ0n) is 12.4. The number of anilines is 1. The molecule has 1 unspecified atom stereocenters. The number of amides is 1. The van der Waals surface area contributed by atoms with Gasteiger partial charge in [-0.3, -0.25) is 4.79 Å². The van der Waals surface area contributed by atoms with Gasteiger partial charge in [0.1, 0.15) is 5.82 Å². The van der Waals surface area contributed by atoms with Crippen molar-refractivity contribution in [3.05, 3.63) is 23.4 Å². The number of nitrogens with one attached hydrogen (secondary N) is 2. The van der Waals surface area contributed by atoms with Crippen molar-refractivity contribution >= 4 is 23.5 Å². The van der Waals surface area contributed by atoms with Crippen LogP contribution in [0.5, 0.6) is 0 Å². The van der Waals surface area contributed by atoms with Crippen molar-refractivity contribution < 1.29 is 4.79 Å². The van der Waals surface area contributed by atoms with Crippen LogP contribution in [0.2, 0.25) is 0 Å². The van der Waals surface area contributed by atoms with Gasteiger partial charge in [0.2, 0.25) is 0 Å². The second-order valence-electron chi connectivity index (χ2n) is 4.66. The summed E-state index contributed by atoms with van der Waals surface area (Å²) in [5, 5.41) is 3.05. The molecule has 1 amide bonds. The predicted molar refractivity (Wildman–Crippen MR) is 86.0 cm³/mol. The summed E-state index contributed by atoms with van der Waals surface area (Å²) in [6.07, 6.45) is 4.77. The lowest BCUT2D eigenvalue weighted by atomic mass is 10.1. The van der Waals surface area contributed by atoms with Gasteiger partial charge in [0.05, 0.1) is 0 Å². The number of hydrazine groups is 1. The molecule has 1 heterocycles. The highest BCUT2D eigenvalue weighted by Gasteiger charge is 2.13. The molecule has 0 aromatic carbocycles. The van der Waals surface area contributed by atoms with Crippen LogP contribution in [-0.4, -0.2) is 28.9 Å². The number of hydrogen-bond acceptors (Lipinski definition) is 5. The lowest BCUT2D eigenvalue weighted by Crippen LogP contribution is -2.36. The van der Waals surface area contributed by atoms with Crippen molar-refractivity contribution in [1.29, 1.82) is 0 Å². The minimum absolute atomic E-state index is 0.0675. The second-order valence-corrected chi connectivity index (χ2v) is 5.57. The first kappa shape index (κ1) is 16.8. The molecule has 1 rings (SSSR count). The Hall–Kier alpha value is -1.27. The molecule has 0 saturated carbocycles. The van der Waals surface area contributed by atoms with Crippen LogP contribution < -0.4 is 16.6 Å². The van der Waals surface area contributed by atoms with Crippen LogP contribution >= 0.6 is 11.8 Å². The maximum Gasteiger partial charge on any atom is 0.251 e. The van der Waals surface area contributed by atoms with Crippen LogP contribution in [0.15, 0.2) is 12.1 Å². The molecule has 0 radical (unpaired) electrons. The molecule has 0 spiro atoms. The Labute approximate surface area is 125 Å². The Kier molecular flexibility index (Phi) is 7.40. The molecule has 4 N–H and O–H groups in total. The number of nitrogen functional groups attached to an aromatic ring is 1. The van der Waals surface area contributed by atoms with E-state index < -0.39 is 0 Å². The molecule has 1 atom stereocenters. The van der Waals surface area contributed by atoms with Crippen molar-refractivity contribution in [2.75, 3.05) is 17.4 Å². The summed E-state index contributed by atoms with van der Waals surface area (Å²) in [5.74, 6) is 6.78. The fourth-order valence-electron chi connectivity index (χ4n) is 1.91. The third kappa shape index (κ3) is 5.02. The molecule has 5 nitrogen and oxygen atoms in total. The fraction of sp³-hybridized carbons (Fsp3) is 0.571. The average Bonchev–Trinajstić information content (AvgIpc) is 2.46. The normalized spacial score (nSPS) is 12.0. The van der Waals surface area contributed by atoms with Crippen molar-refractivity contribution in [1.82, 2.24) is 10.3 Å². The van der Waals surface area contributed by atoms with Crippen LogP contribution in [0, 0.1) is 0 Å². The van der Waals surface area contributed by atoms with E-state index in [9.17, 15) is 4.79 Å². The Bertz CT molecular complexity index is 439. The van der Waals surface area contributed by atoms with Gasteiger partial charge in [0.25, 0.3) is 5.91 Å². The number of nitrogens with two attached hydrogens (primary N) is 1. The van der Waals surface area contributed by atoms with Gasteiger partial charge in [-0.25, -0.2) is 10.8 Å². The predicted octanol–water partition coefficient (Wildman–Crippen LogP) is 2.19. The highest BCUT2D eigenvalue weighted by Crippen LogP contribution is 2.12. The first-order chi connectivity index (χ1) is 9.64. The molecular weight excluding hydrogens is 272 g/mol. The zero-order chi connectivity index (χ0) is 15.0.